The van der Waals surface area contributed by atoms with Gasteiger partial charge in [0, 0.05) is 25.4 Å². The maximum Gasteiger partial charge on any atom is 0.232 e. The number of halogens is 1. The van der Waals surface area contributed by atoms with Crippen LogP contribution in [0.2, 0.25) is 0 Å². The Bertz CT molecular complexity index is 694. The Morgan fingerprint density at radius 3 is 2.73 bits per heavy atom. The second kappa shape index (κ2) is 5.19. The van der Waals surface area contributed by atoms with Gasteiger partial charge in [0.2, 0.25) is 11.8 Å². The third kappa shape index (κ3) is 2.61. The highest BCUT2D eigenvalue weighted by Gasteiger charge is 2.36. The molecule has 1 aliphatic heterocycles. The van der Waals surface area contributed by atoms with E-state index in [0.717, 1.165) is 24.2 Å². The number of aromatic nitrogens is 2. The molecule has 1 saturated carbocycles. The quantitative estimate of drug-likeness (QED) is 0.871. The molecule has 22 heavy (non-hydrogen) atoms. The van der Waals surface area contributed by atoms with Crippen molar-refractivity contribution < 1.29 is 13.7 Å². The molecule has 1 amide bonds. The van der Waals surface area contributed by atoms with Gasteiger partial charge in [-0.15, -0.1) is 0 Å². The molecule has 2 fully saturated rings. The Kier molecular flexibility index (Phi) is 3.17. The second-order valence-electron chi connectivity index (χ2n) is 6.07. The van der Waals surface area contributed by atoms with E-state index in [4.69, 9.17) is 4.52 Å². The normalized spacial score (nSPS) is 21.6. The van der Waals surface area contributed by atoms with Crippen molar-refractivity contribution in [1.29, 1.82) is 0 Å². The summed E-state index contributed by atoms with van der Waals surface area (Å²) in [6.45, 7) is 1.06. The fourth-order valence-corrected chi connectivity index (χ4v) is 2.82. The summed E-state index contributed by atoms with van der Waals surface area (Å²) in [5.74, 6) is 1.56. The Hall–Kier alpha value is -2.24. The van der Waals surface area contributed by atoms with Gasteiger partial charge in [-0.2, -0.15) is 4.98 Å². The SMILES string of the molecule is O=C1CC(c2nc(C3CC3)no2)CN1Cc1ccc(F)cc1. The summed E-state index contributed by atoms with van der Waals surface area (Å²) in [6.07, 6.45) is 2.64. The summed E-state index contributed by atoms with van der Waals surface area (Å²) < 4.78 is 18.2. The molecular formula is C16H16FN3O2. The van der Waals surface area contributed by atoms with Crippen LogP contribution < -0.4 is 0 Å². The van der Waals surface area contributed by atoms with Crippen LogP contribution in [-0.4, -0.2) is 27.5 Å². The number of carbonyl (C=O) groups excluding carboxylic acids is 1. The topological polar surface area (TPSA) is 59.2 Å². The molecule has 6 heteroatoms. The standard InChI is InChI=1S/C16H16FN3O2/c17-13-5-1-10(2-6-13)8-20-9-12(7-14(20)21)16-18-15(19-22-16)11-3-4-11/h1-2,5-6,11-12H,3-4,7-9H2. The molecule has 1 unspecified atom stereocenters. The van der Waals surface area contributed by atoms with Crippen molar-refractivity contribution in [2.24, 2.45) is 0 Å². The molecule has 1 saturated heterocycles. The van der Waals surface area contributed by atoms with E-state index in [0.29, 0.717) is 31.3 Å². The zero-order chi connectivity index (χ0) is 15.1. The predicted octanol–water partition coefficient (Wildman–Crippen LogP) is 2.60. The van der Waals surface area contributed by atoms with Crippen molar-refractivity contribution in [2.75, 3.05) is 6.54 Å². The first-order valence-electron chi connectivity index (χ1n) is 7.55. The Morgan fingerprint density at radius 2 is 2.00 bits per heavy atom. The zero-order valence-corrected chi connectivity index (χ0v) is 12.0. The lowest BCUT2D eigenvalue weighted by atomic mass is 10.1. The molecule has 1 atom stereocenters. The highest BCUT2D eigenvalue weighted by Crippen LogP contribution is 2.39. The van der Waals surface area contributed by atoms with Gasteiger partial charge in [-0.3, -0.25) is 4.79 Å². The Balaban J connectivity index is 1.44. The number of hydrogen-bond acceptors (Lipinski definition) is 4. The van der Waals surface area contributed by atoms with Gasteiger partial charge in [0.05, 0.1) is 5.92 Å². The summed E-state index contributed by atoms with van der Waals surface area (Å²) in [5.41, 5.74) is 0.916. The van der Waals surface area contributed by atoms with E-state index in [1.54, 1.807) is 17.0 Å². The first-order valence-corrected chi connectivity index (χ1v) is 7.55. The molecule has 114 valence electrons. The largest absolute Gasteiger partial charge is 0.339 e. The van der Waals surface area contributed by atoms with Crippen molar-refractivity contribution in [2.45, 2.75) is 37.6 Å². The highest BCUT2D eigenvalue weighted by molar-refractivity contribution is 5.79. The summed E-state index contributed by atoms with van der Waals surface area (Å²) in [4.78, 5) is 18.3. The van der Waals surface area contributed by atoms with Crippen molar-refractivity contribution in [3.63, 3.8) is 0 Å². The van der Waals surface area contributed by atoms with Gasteiger partial charge in [0.25, 0.3) is 0 Å². The molecule has 5 nitrogen and oxygen atoms in total. The van der Waals surface area contributed by atoms with Gasteiger partial charge in [-0.05, 0) is 30.5 Å². The number of rotatable bonds is 4. The molecule has 0 N–H and O–H groups in total. The summed E-state index contributed by atoms with van der Waals surface area (Å²) >= 11 is 0. The van der Waals surface area contributed by atoms with E-state index in [2.05, 4.69) is 10.1 Å². The minimum absolute atomic E-state index is 0.0343. The number of amides is 1. The molecule has 0 radical (unpaired) electrons. The van der Waals surface area contributed by atoms with Crippen molar-refractivity contribution in [1.82, 2.24) is 15.0 Å². The van der Waals surface area contributed by atoms with Crippen LogP contribution in [0, 0.1) is 5.82 Å². The van der Waals surface area contributed by atoms with E-state index >= 15 is 0 Å². The lowest BCUT2D eigenvalue weighted by Gasteiger charge is -2.15. The van der Waals surface area contributed by atoms with Gasteiger partial charge < -0.3 is 9.42 Å². The molecule has 0 spiro atoms. The maximum atomic E-state index is 12.9. The molecular weight excluding hydrogens is 285 g/mol. The molecule has 1 aromatic heterocycles. The van der Waals surface area contributed by atoms with Gasteiger partial charge in [-0.25, -0.2) is 4.39 Å². The lowest BCUT2D eigenvalue weighted by Crippen LogP contribution is -2.24. The third-order valence-corrected chi connectivity index (χ3v) is 4.25. The fourth-order valence-electron chi connectivity index (χ4n) is 2.82. The Morgan fingerprint density at radius 1 is 1.23 bits per heavy atom. The van der Waals surface area contributed by atoms with Crippen molar-refractivity contribution >= 4 is 5.91 Å². The molecule has 0 bridgehead atoms. The minimum atomic E-state index is -0.271. The lowest BCUT2D eigenvalue weighted by molar-refractivity contribution is -0.128. The van der Waals surface area contributed by atoms with E-state index in [1.807, 2.05) is 0 Å². The van der Waals surface area contributed by atoms with Gasteiger partial charge >= 0.3 is 0 Å². The van der Waals surface area contributed by atoms with Crippen LogP contribution in [0.5, 0.6) is 0 Å². The average molecular weight is 301 g/mol. The molecule has 4 rings (SSSR count). The van der Waals surface area contributed by atoms with E-state index in [-0.39, 0.29) is 17.6 Å². The van der Waals surface area contributed by atoms with Crippen LogP contribution in [0.25, 0.3) is 0 Å². The van der Waals surface area contributed by atoms with Gasteiger partial charge in [0.1, 0.15) is 5.82 Å². The third-order valence-electron chi connectivity index (χ3n) is 4.25. The number of carbonyl (C=O) groups is 1. The summed E-state index contributed by atoms with van der Waals surface area (Å²) in [7, 11) is 0. The summed E-state index contributed by atoms with van der Waals surface area (Å²) in [5, 5.41) is 4.01. The first kappa shape index (κ1) is 13.4. The smallest absolute Gasteiger partial charge is 0.232 e. The van der Waals surface area contributed by atoms with Gasteiger partial charge in [0.15, 0.2) is 5.82 Å². The highest BCUT2D eigenvalue weighted by atomic mass is 19.1. The van der Waals surface area contributed by atoms with Crippen LogP contribution in [0.1, 0.15) is 48.4 Å². The Labute approximate surface area is 127 Å². The molecule has 1 aromatic carbocycles. The second-order valence-corrected chi connectivity index (χ2v) is 6.07. The van der Waals surface area contributed by atoms with E-state index < -0.39 is 0 Å². The van der Waals surface area contributed by atoms with Crippen molar-refractivity contribution in [3.05, 3.63) is 47.4 Å². The van der Waals surface area contributed by atoms with Crippen LogP contribution >= 0.6 is 0 Å². The van der Waals surface area contributed by atoms with Crippen LogP contribution in [0.15, 0.2) is 28.8 Å². The monoisotopic (exact) mass is 301 g/mol. The van der Waals surface area contributed by atoms with Crippen LogP contribution in [-0.2, 0) is 11.3 Å². The number of nitrogens with zero attached hydrogens (tertiary/aromatic N) is 3. The van der Waals surface area contributed by atoms with E-state index in [1.165, 1.54) is 12.1 Å². The van der Waals surface area contributed by atoms with E-state index in [9.17, 15) is 9.18 Å². The number of hydrogen-bond donors (Lipinski definition) is 0. The average Bonchev–Trinajstić information content (AvgIpc) is 3.13. The molecule has 1 aliphatic carbocycles. The van der Waals surface area contributed by atoms with Crippen LogP contribution in [0.3, 0.4) is 0 Å². The predicted molar refractivity (Wildman–Crippen MR) is 75.4 cm³/mol. The maximum absolute atomic E-state index is 12.9. The number of likely N-dealkylation sites (tertiary alicyclic amines) is 1. The molecule has 2 aliphatic rings. The fraction of sp³-hybridized carbons (Fsp3) is 0.438. The minimum Gasteiger partial charge on any atom is -0.339 e. The first-order chi connectivity index (χ1) is 10.7. The molecule has 2 aromatic rings. The molecule has 2 heterocycles. The zero-order valence-electron chi connectivity index (χ0n) is 12.0. The van der Waals surface area contributed by atoms with Crippen LogP contribution in [0.4, 0.5) is 4.39 Å². The number of benzene rings is 1. The summed E-state index contributed by atoms with van der Waals surface area (Å²) in [6, 6.07) is 6.22. The van der Waals surface area contributed by atoms with Crippen molar-refractivity contribution in [3.8, 4) is 0 Å². The van der Waals surface area contributed by atoms with Gasteiger partial charge in [-0.1, -0.05) is 17.3 Å².